The van der Waals surface area contributed by atoms with Crippen LogP contribution in [0.5, 0.6) is 0 Å². The molecule has 4 aromatic rings. The highest BCUT2D eigenvalue weighted by Crippen LogP contribution is 2.32. The summed E-state index contributed by atoms with van der Waals surface area (Å²) in [4.78, 5) is 41.6. The van der Waals surface area contributed by atoms with E-state index in [1.165, 1.54) is 0 Å². The lowest BCUT2D eigenvalue weighted by Gasteiger charge is -2.29. The second kappa shape index (κ2) is 11.4. The number of pyridine rings is 2. The minimum atomic E-state index is -0.494. The van der Waals surface area contributed by atoms with Crippen molar-refractivity contribution in [2.24, 2.45) is 5.73 Å². The number of rotatable bonds is 5. The zero-order valence-corrected chi connectivity index (χ0v) is 23.0. The maximum atomic E-state index is 13.9. The fraction of sp³-hybridized carbons (Fsp3) is 0.323. The molecule has 208 valence electrons. The molecular formula is C31H32N8O2. The van der Waals surface area contributed by atoms with Gasteiger partial charge in [0.1, 0.15) is 11.5 Å². The van der Waals surface area contributed by atoms with E-state index in [9.17, 15) is 9.59 Å². The Hall–Kier alpha value is -4.75. The molecule has 1 aliphatic carbocycles. The standard InChI is InChI=1S/C31H32N8O2/c1-20-25(12-8-21-6-9-22(10-7-21)28(32)40)30(41)39(23-4-2-3-5-23)29-26(20)19-35-31(37-29)36-27-13-11-24(18-34-27)38-16-14-33-15-17-38/h6-7,9-11,13,18-19,23,33H,2-5,14-17H2,1H3,(H2,32,40)(H,34,35,36,37). The van der Waals surface area contributed by atoms with E-state index < -0.39 is 5.91 Å². The van der Waals surface area contributed by atoms with E-state index >= 15 is 0 Å². The minimum Gasteiger partial charge on any atom is -0.368 e. The first-order valence-corrected chi connectivity index (χ1v) is 14.0. The molecule has 1 saturated carbocycles. The SMILES string of the molecule is Cc1c(C#Cc2ccc(C(N)=O)cc2)c(=O)n(C2CCCC2)c2nc(Nc3ccc(N4CCNCC4)cn3)ncc12. The molecule has 0 spiro atoms. The molecule has 6 rings (SSSR count). The third-order valence-corrected chi connectivity index (χ3v) is 7.87. The summed E-state index contributed by atoms with van der Waals surface area (Å²) in [5.41, 5.74) is 9.15. The van der Waals surface area contributed by atoms with Crippen molar-refractivity contribution in [3.8, 4) is 11.8 Å². The Balaban J connectivity index is 1.35. The van der Waals surface area contributed by atoms with Crippen LogP contribution in [-0.4, -0.2) is 51.6 Å². The number of hydrogen-bond donors (Lipinski definition) is 3. The zero-order chi connectivity index (χ0) is 28.3. The number of carbonyl (C=O) groups is 1. The number of piperazine rings is 1. The molecule has 4 N–H and O–H groups in total. The molecular weight excluding hydrogens is 516 g/mol. The van der Waals surface area contributed by atoms with Gasteiger partial charge in [0.25, 0.3) is 5.56 Å². The smallest absolute Gasteiger partial charge is 0.268 e. The van der Waals surface area contributed by atoms with E-state index in [-0.39, 0.29) is 11.6 Å². The number of amides is 1. The molecule has 0 bridgehead atoms. The van der Waals surface area contributed by atoms with Gasteiger partial charge in [-0.3, -0.25) is 14.2 Å². The largest absolute Gasteiger partial charge is 0.368 e. The Kier molecular flexibility index (Phi) is 7.35. The summed E-state index contributed by atoms with van der Waals surface area (Å²) < 4.78 is 1.81. The van der Waals surface area contributed by atoms with Crippen molar-refractivity contribution in [2.75, 3.05) is 36.4 Å². The van der Waals surface area contributed by atoms with Crippen LogP contribution in [0.2, 0.25) is 0 Å². The topological polar surface area (TPSA) is 131 Å². The van der Waals surface area contributed by atoms with Crippen LogP contribution in [0.4, 0.5) is 17.5 Å². The molecule has 0 unspecified atom stereocenters. The molecule has 1 saturated heterocycles. The van der Waals surface area contributed by atoms with Crippen LogP contribution in [0.3, 0.4) is 0 Å². The van der Waals surface area contributed by atoms with Crippen molar-refractivity contribution in [1.29, 1.82) is 0 Å². The van der Waals surface area contributed by atoms with E-state index in [2.05, 4.69) is 37.3 Å². The van der Waals surface area contributed by atoms with Crippen molar-refractivity contribution < 1.29 is 4.79 Å². The Morgan fingerprint density at radius 3 is 2.46 bits per heavy atom. The first kappa shape index (κ1) is 26.5. The summed E-state index contributed by atoms with van der Waals surface area (Å²) in [5.74, 6) is 6.71. The van der Waals surface area contributed by atoms with Crippen LogP contribution in [-0.2, 0) is 0 Å². The maximum absolute atomic E-state index is 13.9. The van der Waals surface area contributed by atoms with Gasteiger partial charge in [0.05, 0.1) is 17.4 Å². The van der Waals surface area contributed by atoms with Gasteiger partial charge < -0.3 is 21.3 Å². The predicted octanol–water partition coefficient (Wildman–Crippen LogP) is 3.26. The molecule has 0 radical (unpaired) electrons. The summed E-state index contributed by atoms with van der Waals surface area (Å²) >= 11 is 0. The van der Waals surface area contributed by atoms with E-state index in [1.54, 1.807) is 30.5 Å². The molecule has 2 aliphatic rings. The lowest BCUT2D eigenvalue weighted by molar-refractivity contribution is 0.100. The monoisotopic (exact) mass is 548 g/mol. The Labute approximate surface area is 238 Å². The highest BCUT2D eigenvalue weighted by atomic mass is 16.1. The molecule has 1 aliphatic heterocycles. The van der Waals surface area contributed by atoms with E-state index in [1.807, 2.05) is 29.8 Å². The average Bonchev–Trinajstić information content (AvgIpc) is 3.53. The van der Waals surface area contributed by atoms with E-state index in [0.717, 1.165) is 68.5 Å². The number of nitrogens with two attached hydrogens (primary N) is 1. The lowest BCUT2D eigenvalue weighted by atomic mass is 10.1. The number of aryl methyl sites for hydroxylation is 1. The van der Waals surface area contributed by atoms with Crippen molar-refractivity contribution in [3.05, 3.63) is 81.4 Å². The first-order chi connectivity index (χ1) is 20.0. The van der Waals surface area contributed by atoms with Crippen molar-refractivity contribution in [1.82, 2.24) is 24.8 Å². The zero-order valence-electron chi connectivity index (χ0n) is 23.0. The normalized spacial score (nSPS) is 15.5. The quantitative estimate of drug-likeness (QED) is 0.324. The van der Waals surface area contributed by atoms with Crippen LogP contribution >= 0.6 is 0 Å². The van der Waals surface area contributed by atoms with Gasteiger partial charge in [0, 0.05) is 54.9 Å². The van der Waals surface area contributed by atoms with Gasteiger partial charge in [0.2, 0.25) is 11.9 Å². The van der Waals surface area contributed by atoms with Crippen LogP contribution in [0, 0.1) is 18.8 Å². The summed E-state index contributed by atoms with van der Waals surface area (Å²) in [6.07, 6.45) is 7.59. The van der Waals surface area contributed by atoms with Gasteiger partial charge in [0.15, 0.2) is 0 Å². The number of aromatic nitrogens is 4. The number of nitrogens with zero attached hydrogens (tertiary/aromatic N) is 5. The molecule has 2 fully saturated rings. The van der Waals surface area contributed by atoms with Crippen molar-refractivity contribution >= 4 is 34.4 Å². The van der Waals surface area contributed by atoms with Gasteiger partial charge in [-0.05, 0) is 61.7 Å². The molecule has 1 amide bonds. The number of nitrogens with one attached hydrogen (secondary N) is 2. The van der Waals surface area contributed by atoms with Crippen LogP contribution in [0.15, 0.2) is 53.6 Å². The lowest BCUT2D eigenvalue weighted by Crippen LogP contribution is -2.43. The first-order valence-electron chi connectivity index (χ1n) is 14.0. The molecule has 10 heteroatoms. The second-order valence-corrected chi connectivity index (χ2v) is 10.5. The minimum absolute atomic E-state index is 0.0557. The van der Waals surface area contributed by atoms with Gasteiger partial charge >= 0.3 is 0 Å². The van der Waals surface area contributed by atoms with Gasteiger partial charge in [-0.2, -0.15) is 4.98 Å². The fourth-order valence-corrected chi connectivity index (χ4v) is 5.58. The molecule has 1 aromatic carbocycles. The molecule has 41 heavy (non-hydrogen) atoms. The van der Waals surface area contributed by atoms with Gasteiger partial charge in [-0.1, -0.05) is 24.7 Å². The molecule has 4 heterocycles. The average molecular weight is 549 g/mol. The maximum Gasteiger partial charge on any atom is 0.268 e. The third kappa shape index (κ3) is 5.49. The fourth-order valence-electron chi connectivity index (χ4n) is 5.58. The van der Waals surface area contributed by atoms with Gasteiger partial charge in [-0.15, -0.1) is 0 Å². The van der Waals surface area contributed by atoms with Gasteiger partial charge in [-0.25, -0.2) is 9.97 Å². The van der Waals surface area contributed by atoms with Crippen molar-refractivity contribution in [2.45, 2.75) is 38.6 Å². The van der Waals surface area contributed by atoms with Crippen LogP contribution < -0.4 is 26.8 Å². The number of carbonyl (C=O) groups excluding carboxylic acids is 1. The summed E-state index contributed by atoms with van der Waals surface area (Å²) in [7, 11) is 0. The number of hydrogen-bond acceptors (Lipinski definition) is 8. The summed E-state index contributed by atoms with van der Waals surface area (Å²) in [5, 5.41) is 7.37. The highest BCUT2D eigenvalue weighted by molar-refractivity contribution is 5.92. The molecule has 10 nitrogen and oxygen atoms in total. The molecule has 0 atom stereocenters. The number of anilines is 3. The number of primary amides is 1. The summed E-state index contributed by atoms with van der Waals surface area (Å²) in [6, 6.07) is 10.7. The highest BCUT2D eigenvalue weighted by Gasteiger charge is 2.24. The second-order valence-electron chi connectivity index (χ2n) is 10.5. The molecule has 3 aromatic heterocycles. The number of fused-ring (bicyclic) bond motifs is 1. The summed E-state index contributed by atoms with van der Waals surface area (Å²) in [6.45, 7) is 5.72. The third-order valence-electron chi connectivity index (χ3n) is 7.87. The Morgan fingerprint density at radius 2 is 1.78 bits per heavy atom. The van der Waals surface area contributed by atoms with Crippen molar-refractivity contribution in [3.63, 3.8) is 0 Å². The van der Waals surface area contributed by atoms with E-state index in [4.69, 9.17) is 10.7 Å². The van der Waals surface area contributed by atoms with Crippen LogP contribution in [0.25, 0.3) is 11.0 Å². The Morgan fingerprint density at radius 1 is 1.02 bits per heavy atom. The predicted molar refractivity (Wildman–Crippen MR) is 160 cm³/mol. The Bertz CT molecular complexity index is 1710. The van der Waals surface area contributed by atoms with E-state index in [0.29, 0.717) is 34.1 Å². The number of benzene rings is 1. The van der Waals surface area contributed by atoms with Crippen LogP contribution in [0.1, 0.15) is 58.8 Å².